The first-order valence-electron chi connectivity index (χ1n) is 23.9. The predicted octanol–water partition coefficient (Wildman–Crippen LogP) is 13.7. The normalized spacial score (nSPS) is 14.4. The van der Waals surface area contributed by atoms with Gasteiger partial charge >= 0.3 is 0 Å². The molecule has 5 heteroatoms. The molecule has 312 valence electrons. The molecule has 5 nitrogen and oxygen atoms in total. The van der Waals surface area contributed by atoms with Crippen molar-refractivity contribution in [3.63, 3.8) is 0 Å². The number of nitrogens with one attached hydrogen (secondary N) is 1. The van der Waals surface area contributed by atoms with Gasteiger partial charge in [-0.2, -0.15) is 0 Å². The molecule has 1 fully saturated rings. The van der Waals surface area contributed by atoms with Crippen LogP contribution in [0.2, 0.25) is 0 Å². The van der Waals surface area contributed by atoms with Crippen molar-refractivity contribution in [3.05, 3.63) is 12.2 Å². The smallest absolute Gasteiger partial charge is 0.243 e. The van der Waals surface area contributed by atoms with Gasteiger partial charge in [0.05, 0.1) is 0 Å². The SMILES string of the molecule is CCCCCCCC/C=C\CCCCCCCC(=O)N(CCN(C)C)C(C(=O)NCCCCCCCCCCCCCCCCCC)C1CCCCC1. The summed E-state index contributed by atoms with van der Waals surface area (Å²) in [4.78, 5) is 31.9. The predicted molar refractivity (Wildman–Crippen MR) is 233 cm³/mol. The molecule has 0 aliphatic heterocycles. The van der Waals surface area contributed by atoms with Crippen LogP contribution < -0.4 is 5.32 Å². The standard InChI is InChI=1S/C48H93N3O2/c1-5-7-9-11-13-15-17-19-21-23-25-27-29-31-33-38-42-49-48(53)47(45-39-35-34-36-40-45)51(44-43-50(3)4)46(52)41-37-32-30-28-26-24-22-20-18-16-14-12-10-8-6-2/h20,22,45,47H,5-19,21,23-44H2,1-4H3,(H,49,53)/b22-20-. The molecule has 0 spiro atoms. The average molecular weight is 744 g/mol. The second-order valence-electron chi connectivity index (χ2n) is 17.2. The van der Waals surface area contributed by atoms with Gasteiger partial charge in [-0.1, -0.05) is 193 Å². The molecular weight excluding hydrogens is 651 g/mol. The molecule has 2 amide bonds. The number of allylic oxidation sites excluding steroid dienone is 2. The summed E-state index contributed by atoms with van der Waals surface area (Å²) in [6, 6.07) is -0.313. The van der Waals surface area contributed by atoms with E-state index in [2.05, 4.69) is 50.3 Å². The van der Waals surface area contributed by atoms with Crippen LogP contribution in [0.25, 0.3) is 0 Å². The molecule has 1 rings (SSSR count). The van der Waals surface area contributed by atoms with Crippen molar-refractivity contribution in [2.24, 2.45) is 5.92 Å². The summed E-state index contributed by atoms with van der Waals surface area (Å²) < 4.78 is 0. The maximum atomic E-state index is 13.9. The number of carbonyl (C=O) groups is 2. The minimum atomic E-state index is -0.313. The molecule has 1 saturated carbocycles. The second kappa shape index (κ2) is 37.6. The van der Waals surface area contributed by atoms with Gasteiger partial charge in [0.2, 0.25) is 11.8 Å². The van der Waals surface area contributed by atoms with Gasteiger partial charge in [-0.25, -0.2) is 0 Å². The molecule has 0 aromatic carbocycles. The molecule has 1 unspecified atom stereocenters. The van der Waals surface area contributed by atoms with Gasteiger partial charge in [-0.05, 0) is 71.4 Å². The van der Waals surface area contributed by atoms with E-state index >= 15 is 0 Å². The van der Waals surface area contributed by atoms with Crippen LogP contribution in [-0.2, 0) is 9.59 Å². The van der Waals surface area contributed by atoms with E-state index in [1.807, 2.05) is 4.90 Å². The first-order valence-corrected chi connectivity index (χ1v) is 23.9. The number of carbonyl (C=O) groups excluding carboxylic acids is 2. The van der Waals surface area contributed by atoms with Gasteiger partial charge in [-0.15, -0.1) is 0 Å². The molecular formula is C48H93N3O2. The van der Waals surface area contributed by atoms with Crippen molar-refractivity contribution >= 4 is 11.8 Å². The highest BCUT2D eigenvalue weighted by atomic mass is 16.2. The highest BCUT2D eigenvalue weighted by molar-refractivity contribution is 5.88. The van der Waals surface area contributed by atoms with Crippen molar-refractivity contribution in [3.8, 4) is 0 Å². The van der Waals surface area contributed by atoms with Crippen molar-refractivity contribution < 1.29 is 9.59 Å². The lowest BCUT2D eigenvalue weighted by Gasteiger charge is -2.38. The third-order valence-electron chi connectivity index (χ3n) is 11.8. The lowest BCUT2D eigenvalue weighted by molar-refractivity contribution is -0.143. The zero-order valence-corrected chi connectivity index (χ0v) is 36.4. The molecule has 0 saturated heterocycles. The van der Waals surface area contributed by atoms with E-state index in [0.29, 0.717) is 13.0 Å². The fourth-order valence-electron chi connectivity index (χ4n) is 8.27. The van der Waals surface area contributed by atoms with Crippen molar-refractivity contribution in [1.82, 2.24) is 15.1 Å². The number of amides is 2. The van der Waals surface area contributed by atoms with E-state index in [1.165, 1.54) is 186 Å². The van der Waals surface area contributed by atoms with Gasteiger partial charge in [0, 0.05) is 26.1 Å². The Labute approximate surface area is 332 Å². The van der Waals surface area contributed by atoms with Crippen LogP contribution in [0.15, 0.2) is 12.2 Å². The Morgan fingerprint density at radius 3 is 1.42 bits per heavy atom. The topological polar surface area (TPSA) is 52.7 Å². The number of likely N-dealkylation sites (N-methyl/N-ethyl adjacent to an activating group) is 1. The van der Waals surface area contributed by atoms with E-state index in [1.54, 1.807) is 0 Å². The van der Waals surface area contributed by atoms with E-state index < -0.39 is 0 Å². The van der Waals surface area contributed by atoms with Crippen molar-refractivity contribution in [2.45, 2.75) is 245 Å². The maximum Gasteiger partial charge on any atom is 0.243 e. The zero-order chi connectivity index (χ0) is 38.5. The van der Waals surface area contributed by atoms with Crippen LogP contribution in [0.4, 0.5) is 0 Å². The number of unbranched alkanes of at least 4 members (excludes halogenated alkanes) is 26. The van der Waals surface area contributed by atoms with Gasteiger partial charge in [0.1, 0.15) is 6.04 Å². The number of hydrogen-bond donors (Lipinski definition) is 1. The van der Waals surface area contributed by atoms with Crippen LogP contribution in [0.1, 0.15) is 239 Å². The Hall–Kier alpha value is -1.36. The third kappa shape index (κ3) is 29.6. The largest absolute Gasteiger partial charge is 0.354 e. The van der Waals surface area contributed by atoms with Gasteiger partial charge < -0.3 is 15.1 Å². The molecule has 1 aliphatic rings. The summed E-state index contributed by atoms with van der Waals surface area (Å²) in [6.07, 6.45) is 49.1. The highest BCUT2D eigenvalue weighted by Crippen LogP contribution is 2.30. The fourth-order valence-corrected chi connectivity index (χ4v) is 8.27. The number of rotatable bonds is 38. The van der Waals surface area contributed by atoms with E-state index in [-0.39, 0.29) is 23.8 Å². The fraction of sp³-hybridized carbons (Fsp3) is 0.917. The zero-order valence-electron chi connectivity index (χ0n) is 36.4. The highest BCUT2D eigenvalue weighted by Gasteiger charge is 2.36. The first-order chi connectivity index (χ1) is 26.0. The lowest BCUT2D eigenvalue weighted by atomic mass is 9.82. The number of nitrogens with zero attached hydrogens (tertiary/aromatic N) is 2. The molecule has 1 aliphatic carbocycles. The summed E-state index contributed by atoms with van der Waals surface area (Å²) >= 11 is 0. The van der Waals surface area contributed by atoms with Gasteiger partial charge in [0.15, 0.2) is 0 Å². The van der Waals surface area contributed by atoms with Crippen LogP contribution in [0.5, 0.6) is 0 Å². The monoisotopic (exact) mass is 744 g/mol. The minimum Gasteiger partial charge on any atom is -0.354 e. The summed E-state index contributed by atoms with van der Waals surface area (Å²) in [5, 5.41) is 3.32. The molecule has 53 heavy (non-hydrogen) atoms. The van der Waals surface area contributed by atoms with E-state index in [9.17, 15) is 9.59 Å². The summed E-state index contributed by atoms with van der Waals surface area (Å²) in [5.74, 6) is 0.585. The van der Waals surface area contributed by atoms with Crippen molar-refractivity contribution in [2.75, 3.05) is 33.7 Å². The summed E-state index contributed by atoms with van der Waals surface area (Å²) in [6.45, 7) is 6.75. The van der Waals surface area contributed by atoms with E-state index in [4.69, 9.17) is 0 Å². The molecule has 0 heterocycles. The average Bonchev–Trinajstić information content (AvgIpc) is 3.16. The Balaban J connectivity index is 2.36. The maximum absolute atomic E-state index is 13.9. The Morgan fingerprint density at radius 2 is 0.962 bits per heavy atom. The third-order valence-corrected chi connectivity index (χ3v) is 11.8. The molecule has 0 aromatic heterocycles. The quantitative estimate of drug-likeness (QED) is 0.0506. The second-order valence-corrected chi connectivity index (χ2v) is 17.2. The Morgan fingerprint density at radius 1 is 0.547 bits per heavy atom. The van der Waals surface area contributed by atoms with Crippen LogP contribution in [0, 0.1) is 5.92 Å². The molecule has 0 aromatic rings. The molecule has 0 radical (unpaired) electrons. The van der Waals surface area contributed by atoms with Crippen LogP contribution in [0.3, 0.4) is 0 Å². The Bertz CT molecular complexity index is 837. The molecule has 1 N–H and O–H groups in total. The first kappa shape index (κ1) is 49.7. The lowest BCUT2D eigenvalue weighted by Crippen LogP contribution is -2.55. The van der Waals surface area contributed by atoms with E-state index in [0.717, 1.165) is 45.2 Å². The summed E-state index contributed by atoms with van der Waals surface area (Å²) in [7, 11) is 4.14. The molecule has 0 bridgehead atoms. The van der Waals surface area contributed by atoms with Gasteiger partial charge in [-0.3, -0.25) is 9.59 Å². The number of hydrogen-bond acceptors (Lipinski definition) is 3. The summed E-state index contributed by atoms with van der Waals surface area (Å²) in [5.41, 5.74) is 0. The van der Waals surface area contributed by atoms with Gasteiger partial charge in [0.25, 0.3) is 0 Å². The minimum absolute atomic E-state index is 0.106. The van der Waals surface area contributed by atoms with Crippen LogP contribution in [-0.4, -0.2) is 61.4 Å². The molecule has 1 atom stereocenters. The Kier molecular flexibility index (Phi) is 35.2. The van der Waals surface area contributed by atoms with Crippen molar-refractivity contribution in [1.29, 1.82) is 0 Å². The van der Waals surface area contributed by atoms with Crippen LogP contribution >= 0.6 is 0 Å².